The highest BCUT2D eigenvalue weighted by atomic mass is 32.3. The maximum atomic E-state index is 13.4. The second kappa shape index (κ2) is 5.51. The molecule has 0 radical (unpaired) electrons. The SMILES string of the molecule is CN(C)S(=O)(=O)C(F)SNc1ccccc1. The number of hydrogen-bond donors (Lipinski definition) is 1. The molecule has 1 N–H and O–H groups in total. The molecule has 0 amide bonds. The first kappa shape index (κ1) is 13.3. The summed E-state index contributed by atoms with van der Waals surface area (Å²) in [5, 5.41) is 0. The van der Waals surface area contributed by atoms with Crippen molar-refractivity contribution in [3.05, 3.63) is 30.3 Å². The molecule has 0 aromatic heterocycles. The van der Waals surface area contributed by atoms with Crippen molar-refractivity contribution in [3.8, 4) is 0 Å². The number of benzene rings is 1. The number of halogens is 1. The van der Waals surface area contributed by atoms with E-state index in [1.165, 1.54) is 14.1 Å². The molecular weight excluding hydrogens is 251 g/mol. The van der Waals surface area contributed by atoms with Crippen LogP contribution in [0.15, 0.2) is 30.3 Å². The highest BCUT2D eigenvalue weighted by Crippen LogP contribution is 2.22. The van der Waals surface area contributed by atoms with E-state index >= 15 is 0 Å². The molecule has 0 aliphatic heterocycles. The number of rotatable bonds is 5. The third kappa shape index (κ3) is 3.36. The zero-order chi connectivity index (χ0) is 12.2. The average Bonchev–Trinajstić information content (AvgIpc) is 2.27. The van der Waals surface area contributed by atoms with E-state index in [-0.39, 0.29) is 0 Å². The minimum absolute atomic E-state index is 0.518. The Morgan fingerprint density at radius 1 is 1.31 bits per heavy atom. The van der Waals surface area contributed by atoms with Gasteiger partial charge in [-0.25, -0.2) is 17.1 Å². The third-order valence-electron chi connectivity index (χ3n) is 1.79. The fourth-order valence-electron chi connectivity index (χ4n) is 0.847. The van der Waals surface area contributed by atoms with Gasteiger partial charge in [-0.2, -0.15) is 0 Å². The minimum atomic E-state index is -3.88. The summed E-state index contributed by atoms with van der Waals surface area (Å²) in [5.41, 5.74) is 0.657. The standard InChI is InChI=1S/C9H13FN2O2S2/c1-12(2)16(13,14)9(10)15-11-8-6-4-3-5-7-8/h3-7,9,11H,1-2H3. The average molecular weight is 264 g/mol. The smallest absolute Gasteiger partial charge is 0.278 e. The van der Waals surface area contributed by atoms with Crippen LogP contribution in [0.1, 0.15) is 0 Å². The Bertz CT molecular complexity index is 422. The summed E-state index contributed by atoms with van der Waals surface area (Å²) in [6, 6.07) is 8.82. The van der Waals surface area contributed by atoms with Gasteiger partial charge in [0.15, 0.2) is 0 Å². The monoisotopic (exact) mass is 264 g/mol. The lowest BCUT2D eigenvalue weighted by molar-refractivity contribution is 0.462. The number of nitrogens with zero attached hydrogens (tertiary/aromatic N) is 1. The van der Waals surface area contributed by atoms with E-state index < -0.39 is 14.9 Å². The third-order valence-corrected chi connectivity index (χ3v) is 4.83. The Morgan fingerprint density at radius 2 is 1.88 bits per heavy atom. The van der Waals surface area contributed by atoms with Gasteiger partial charge >= 0.3 is 0 Å². The lowest BCUT2D eigenvalue weighted by atomic mass is 10.3. The number of hydrogen-bond acceptors (Lipinski definition) is 4. The van der Waals surface area contributed by atoms with Crippen LogP contribution in [0.3, 0.4) is 0 Å². The van der Waals surface area contributed by atoms with Crippen molar-refractivity contribution >= 4 is 27.7 Å². The molecule has 4 nitrogen and oxygen atoms in total. The molecule has 0 fully saturated rings. The topological polar surface area (TPSA) is 49.4 Å². The summed E-state index contributed by atoms with van der Waals surface area (Å²) in [6.07, 6.45) is 0. The van der Waals surface area contributed by atoms with E-state index in [1.54, 1.807) is 24.3 Å². The minimum Gasteiger partial charge on any atom is -0.326 e. The summed E-state index contributed by atoms with van der Waals surface area (Å²) in [7, 11) is -1.29. The molecule has 1 rings (SSSR count). The van der Waals surface area contributed by atoms with Gasteiger partial charge in [0.2, 0.25) is 0 Å². The Balaban J connectivity index is 2.57. The predicted molar refractivity (Wildman–Crippen MR) is 65.2 cm³/mol. The van der Waals surface area contributed by atoms with Gasteiger partial charge in [0.25, 0.3) is 14.9 Å². The van der Waals surface area contributed by atoms with E-state index in [0.29, 0.717) is 17.6 Å². The second-order valence-corrected chi connectivity index (χ2v) is 6.51. The molecule has 0 saturated carbocycles. The van der Waals surface area contributed by atoms with Crippen LogP contribution in [-0.4, -0.2) is 31.7 Å². The maximum Gasteiger partial charge on any atom is 0.278 e. The molecule has 0 heterocycles. The van der Waals surface area contributed by atoms with Crippen molar-refractivity contribution in [1.82, 2.24) is 4.31 Å². The van der Waals surface area contributed by atoms with Gasteiger partial charge in [0, 0.05) is 31.7 Å². The van der Waals surface area contributed by atoms with Crippen LogP contribution in [0.5, 0.6) is 0 Å². The van der Waals surface area contributed by atoms with Gasteiger partial charge in [-0.3, -0.25) is 0 Å². The normalized spacial score (nSPS) is 13.8. The Labute approximate surface area is 99.0 Å². The molecule has 0 aliphatic carbocycles. The summed E-state index contributed by atoms with van der Waals surface area (Å²) < 4.78 is 39.6. The molecule has 1 aromatic rings. The van der Waals surface area contributed by atoms with Crippen molar-refractivity contribution in [2.45, 2.75) is 4.84 Å². The number of sulfonamides is 1. The van der Waals surface area contributed by atoms with E-state index in [4.69, 9.17) is 0 Å². The Morgan fingerprint density at radius 3 is 2.38 bits per heavy atom. The van der Waals surface area contributed by atoms with Gasteiger partial charge in [-0.1, -0.05) is 18.2 Å². The molecular formula is C9H13FN2O2S2. The molecule has 0 spiro atoms. The van der Waals surface area contributed by atoms with Gasteiger partial charge in [0.05, 0.1) is 0 Å². The molecule has 7 heteroatoms. The van der Waals surface area contributed by atoms with Gasteiger partial charge in [0.1, 0.15) is 0 Å². The molecule has 0 bridgehead atoms. The van der Waals surface area contributed by atoms with E-state index in [9.17, 15) is 12.8 Å². The van der Waals surface area contributed by atoms with Gasteiger partial charge in [-0.15, -0.1) is 0 Å². The summed E-state index contributed by atoms with van der Waals surface area (Å²) >= 11 is 0.518. The first-order valence-electron chi connectivity index (χ1n) is 4.46. The van der Waals surface area contributed by atoms with E-state index in [0.717, 1.165) is 4.31 Å². The van der Waals surface area contributed by atoms with E-state index in [2.05, 4.69) is 4.72 Å². The zero-order valence-electron chi connectivity index (χ0n) is 8.92. The highest BCUT2D eigenvalue weighted by molar-refractivity contribution is 8.13. The summed E-state index contributed by atoms with van der Waals surface area (Å²) in [5.74, 6) is 0. The molecule has 90 valence electrons. The lowest BCUT2D eigenvalue weighted by Crippen LogP contribution is -2.29. The largest absolute Gasteiger partial charge is 0.326 e. The Kier molecular flexibility index (Phi) is 4.57. The number of anilines is 1. The van der Waals surface area contributed by atoms with Gasteiger partial charge in [-0.05, 0) is 12.1 Å². The number of para-hydroxylation sites is 1. The van der Waals surface area contributed by atoms with Crippen LogP contribution in [0, 0.1) is 0 Å². The molecule has 0 saturated heterocycles. The predicted octanol–water partition coefficient (Wildman–Crippen LogP) is 1.89. The number of alkyl halides is 1. The van der Waals surface area contributed by atoms with Crippen LogP contribution < -0.4 is 4.72 Å². The van der Waals surface area contributed by atoms with Gasteiger partial charge < -0.3 is 4.72 Å². The van der Waals surface area contributed by atoms with Crippen molar-refractivity contribution in [3.63, 3.8) is 0 Å². The highest BCUT2D eigenvalue weighted by Gasteiger charge is 2.28. The molecule has 1 unspecified atom stereocenters. The van der Waals surface area contributed by atoms with Crippen LogP contribution in [0.4, 0.5) is 10.1 Å². The molecule has 0 aliphatic rings. The Hall–Kier alpha value is -0.790. The molecule has 16 heavy (non-hydrogen) atoms. The first-order chi connectivity index (χ1) is 7.44. The number of nitrogens with one attached hydrogen (secondary N) is 1. The van der Waals surface area contributed by atoms with Crippen LogP contribution in [-0.2, 0) is 10.0 Å². The fourth-order valence-corrected chi connectivity index (χ4v) is 2.69. The van der Waals surface area contributed by atoms with Crippen molar-refractivity contribution in [1.29, 1.82) is 0 Å². The van der Waals surface area contributed by atoms with Crippen molar-refractivity contribution in [2.24, 2.45) is 0 Å². The molecule has 1 atom stereocenters. The summed E-state index contributed by atoms with van der Waals surface area (Å²) in [6.45, 7) is 0. The molecule has 1 aromatic carbocycles. The van der Waals surface area contributed by atoms with Crippen LogP contribution in [0.25, 0.3) is 0 Å². The van der Waals surface area contributed by atoms with Crippen molar-refractivity contribution < 1.29 is 12.8 Å². The first-order valence-corrected chi connectivity index (χ1v) is 6.85. The van der Waals surface area contributed by atoms with Crippen molar-refractivity contribution in [2.75, 3.05) is 18.8 Å². The summed E-state index contributed by atoms with van der Waals surface area (Å²) in [4.78, 5) is -2.03. The second-order valence-electron chi connectivity index (χ2n) is 3.19. The van der Waals surface area contributed by atoms with Crippen LogP contribution >= 0.6 is 11.9 Å². The quantitative estimate of drug-likeness (QED) is 0.825. The fraction of sp³-hybridized carbons (Fsp3) is 0.333. The zero-order valence-corrected chi connectivity index (χ0v) is 10.6. The van der Waals surface area contributed by atoms with E-state index in [1.807, 2.05) is 6.07 Å². The maximum absolute atomic E-state index is 13.4. The van der Waals surface area contributed by atoms with Crippen LogP contribution in [0.2, 0.25) is 0 Å². The lowest BCUT2D eigenvalue weighted by Gasteiger charge is -2.15.